The predicted molar refractivity (Wildman–Crippen MR) is 147 cm³/mol. The number of ether oxygens (including phenoxy) is 4. The van der Waals surface area contributed by atoms with Crippen LogP contribution in [0.3, 0.4) is 0 Å². The highest BCUT2D eigenvalue weighted by atomic mass is 16.6. The summed E-state index contributed by atoms with van der Waals surface area (Å²) >= 11 is 0. The number of amides is 2. The van der Waals surface area contributed by atoms with Gasteiger partial charge in [0.2, 0.25) is 0 Å². The molecule has 2 aliphatic carbocycles. The molecule has 0 radical (unpaired) electrons. The molecule has 39 heavy (non-hydrogen) atoms. The third kappa shape index (κ3) is 11.2. The molecule has 0 bridgehead atoms. The molecule has 0 heterocycles. The molecular formula is C30H44N2O7. The van der Waals surface area contributed by atoms with Crippen molar-refractivity contribution in [3.63, 3.8) is 0 Å². The number of carbonyl (C=O) groups is 3. The lowest BCUT2D eigenvalue weighted by atomic mass is 9.76. The smallest absolute Gasteiger partial charge is 0.407 e. The number of esters is 1. The van der Waals surface area contributed by atoms with E-state index in [1.807, 2.05) is 37.3 Å². The summed E-state index contributed by atoms with van der Waals surface area (Å²) in [4.78, 5) is 36.2. The van der Waals surface area contributed by atoms with Gasteiger partial charge in [0.15, 0.2) is 6.10 Å². The average molecular weight is 545 g/mol. The maximum Gasteiger partial charge on any atom is 0.407 e. The van der Waals surface area contributed by atoms with Crippen LogP contribution in [-0.2, 0) is 19.0 Å². The topological polar surface area (TPSA) is 112 Å². The van der Waals surface area contributed by atoms with Crippen LogP contribution in [0.2, 0.25) is 0 Å². The van der Waals surface area contributed by atoms with Crippen molar-refractivity contribution < 1.29 is 33.3 Å². The molecule has 216 valence electrons. The van der Waals surface area contributed by atoms with E-state index < -0.39 is 18.2 Å². The highest BCUT2D eigenvalue weighted by molar-refractivity contribution is 5.86. The molecule has 9 heteroatoms. The summed E-state index contributed by atoms with van der Waals surface area (Å²) in [5.41, 5.74) is 0.278. The minimum absolute atomic E-state index is 0.0607. The molecule has 1 atom stereocenters. The molecule has 1 unspecified atom stereocenters. The maximum atomic E-state index is 12.7. The van der Waals surface area contributed by atoms with E-state index in [1.165, 1.54) is 6.42 Å². The highest BCUT2D eigenvalue weighted by Crippen LogP contribution is 2.35. The zero-order valence-corrected chi connectivity index (χ0v) is 23.3. The van der Waals surface area contributed by atoms with Gasteiger partial charge >= 0.3 is 18.2 Å². The SMILES string of the molecule is C=C(C)C(=O)OCC(COc1ccccc1)OC(=O)NC1CCC(CC2CCC(NC(=O)OCC)CC2)CC1. The second-order valence-corrected chi connectivity index (χ2v) is 10.7. The van der Waals surface area contributed by atoms with E-state index in [9.17, 15) is 14.4 Å². The normalized spacial score (nSPS) is 23.5. The van der Waals surface area contributed by atoms with Crippen LogP contribution < -0.4 is 15.4 Å². The summed E-state index contributed by atoms with van der Waals surface area (Å²) < 4.78 is 21.5. The molecule has 2 amide bonds. The largest absolute Gasteiger partial charge is 0.490 e. The van der Waals surface area contributed by atoms with Crippen LogP contribution in [0, 0.1) is 11.8 Å². The molecule has 0 spiro atoms. The van der Waals surface area contributed by atoms with Crippen molar-refractivity contribution >= 4 is 18.2 Å². The van der Waals surface area contributed by atoms with Crippen LogP contribution >= 0.6 is 0 Å². The molecule has 1 aromatic carbocycles. The Morgan fingerprint density at radius 1 is 0.846 bits per heavy atom. The fourth-order valence-corrected chi connectivity index (χ4v) is 5.36. The average Bonchev–Trinajstić information content (AvgIpc) is 2.93. The number of benzene rings is 1. The molecule has 2 aliphatic rings. The minimum atomic E-state index is -0.752. The lowest BCUT2D eigenvalue weighted by molar-refractivity contribution is -0.142. The zero-order valence-electron chi connectivity index (χ0n) is 23.3. The Morgan fingerprint density at radius 3 is 1.95 bits per heavy atom. The van der Waals surface area contributed by atoms with E-state index >= 15 is 0 Å². The molecule has 2 fully saturated rings. The van der Waals surface area contributed by atoms with Gasteiger partial charge in [0.1, 0.15) is 19.0 Å². The van der Waals surface area contributed by atoms with E-state index in [1.54, 1.807) is 6.92 Å². The van der Waals surface area contributed by atoms with Crippen molar-refractivity contribution in [1.82, 2.24) is 10.6 Å². The number of rotatable bonds is 12. The Balaban J connectivity index is 1.37. The molecule has 9 nitrogen and oxygen atoms in total. The third-order valence-electron chi connectivity index (χ3n) is 7.48. The van der Waals surface area contributed by atoms with Gasteiger partial charge in [-0.1, -0.05) is 24.8 Å². The third-order valence-corrected chi connectivity index (χ3v) is 7.48. The number of hydrogen-bond donors (Lipinski definition) is 2. The van der Waals surface area contributed by atoms with Crippen LogP contribution in [0.1, 0.15) is 71.6 Å². The van der Waals surface area contributed by atoms with Crippen molar-refractivity contribution in [2.45, 2.75) is 89.8 Å². The van der Waals surface area contributed by atoms with Gasteiger partial charge in [-0.3, -0.25) is 0 Å². The van der Waals surface area contributed by atoms with Gasteiger partial charge in [-0.15, -0.1) is 0 Å². The molecule has 0 aliphatic heterocycles. The molecule has 0 saturated heterocycles. The van der Waals surface area contributed by atoms with Gasteiger partial charge in [0.05, 0.1) is 6.61 Å². The van der Waals surface area contributed by atoms with E-state index in [4.69, 9.17) is 18.9 Å². The first-order valence-electron chi connectivity index (χ1n) is 14.2. The van der Waals surface area contributed by atoms with Gasteiger partial charge in [-0.2, -0.15) is 0 Å². The molecular weight excluding hydrogens is 500 g/mol. The number of nitrogens with one attached hydrogen (secondary N) is 2. The quantitative estimate of drug-likeness (QED) is 0.202. The van der Waals surface area contributed by atoms with E-state index in [0.717, 1.165) is 51.4 Å². The van der Waals surface area contributed by atoms with Crippen molar-refractivity contribution in [1.29, 1.82) is 0 Å². The fraction of sp³-hybridized carbons (Fsp3) is 0.633. The summed E-state index contributed by atoms with van der Waals surface area (Å²) in [6, 6.07) is 9.48. The minimum Gasteiger partial charge on any atom is -0.490 e. The first-order valence-corrected chi connectivity index (χ1v) is 14.2. The van der Waals surface area contributed by atoms with Crippen LogP contribution in [0.25, 0.3) is 0 Å². The number of para-hydroxylation sites is 1. The van der Waals surface area contributed by atoms with E-state index in [0.29, 0.717) is 24.2 Å². The monoisotopic (exact) mass is 544 g/mol. The summed E-state index contributed by atoms with van der Waals surface area (Å²) in [6.45, 7) is 7.30. The van der Waals surface area contributed by atoms with E-state index in [-0.39, 0.29) is 37.0 Å². The van der Waals surface area contributed by atoms with Gasteiger partial charge < -0.3 is 29.6 Å². The zero-order chi connectivity index (χ0) is 28.0. The van der Waals surface area contributed by atoms with Crippen LogP contribution in [0.4, 0.5) is 9.59 Å². The fourth-order valence-electron chi connectivity index (χ4n) is 5.36. The molecule has 2 saturated carbocycles. The van der Waals surface area contributed by atoms with Crippen molar-refractivity contribution in [3.05, 3.63) is 42.5 Å². The Labute approximate surface area is 232 Å². The first kappa shape index (κ1) is 30.3. The summed E-state index contributed by atoms with van der Waals surface area (Å²) in [5.74, 6) is 1.45. The predicted octanol–water partition coefficient (Wildman–Crippen LogP) is 5.53. The van der Waals surface area contributed by atoms with Crippen molar-refractivity contribution in [3.8, 4) is 5.75 Å². The van der Waals surface area contributed by atoms with Gasteiger partial charge in [-0.25, -0.2) is 14.4 Å². The van der Waals surface area contributed by atoms with Gasteiger partial charge in [0, 0.05) is 17.7 Å². The number of alkyl carbamates (subject to hydrolysis) is 2. The summed E-state index contributed by atoms with van der Waals surface area (Å²) in [7, 11) is 0. The Kier molecular flexibility index (Phi) is 12.4. The van der Waals surface area contributed by atoms with Crippen molar-refractivity contribution in [2.24, 2.45) is 11.8 Å². The van der Waals surface area contributed by atoms with Gasteiger partial charge in [0.25, 0.3) is 0 Å². The Hall–Kier alpha value is -3.23. The molecule has 2 N–H and O–H groups in total. The van der Waals surface area contributed by atoms with E-state index in [2.05, 4.69) is 17.2 Å². The maximum absolute atomic E-state index is 12.7. The molecule has 3 rings (SSSR count). The lowest BCUT2D eigenvalue weighted by Crippen LogP contribution is -2.42. The first-order chi connectivity index (χ1) is 18.8. The molecule has 1 aromatic rings. The summed E-state index contributed by atoms with van der Waals surface area (Å²) in [6.07, 6.45) is 7.84. The summed E-state index contributed by atoms with van der Waals surface area (Å²) in [5, 5.41) is 5.96. The van der Waals surface area contributed by atoms with Gasteiger partial charge in [-0.05, 0) is 95.6 Å². The highest BCUT2D eigenvalue weighted by Gasteiger charge is 2.29. The Bertz CT molecular complexity index is 922. The standard InChI is InChI=1S/C30H44N2O7/c1-4-36-29(34)31-24-14-10-22(11-15-24)18-23-12-16-25(17-13-23)32-30(35)39-27(20-38-28(33)21(2)3)19-37-26-8-6-5-7-9-26/h5-9,22-25,27H,2,4,10-20H2,1,3H3,(H,31,34)(H,32,35). The lowest BCUT2D eigenvalue weighted by Gasteiger charge is -2.34. The van der Waals surface area contributed by atoms with Crippen LogP contribution in [-0.4, -0.2) is 56.2 Å². The number of hydrogen-bond acceptors (Lipinski definition) is 7. The second-order valence-electron chi connectivity index (χ2n) is 10.7. The second kappa shape index (κ2) is 16.0. The van der Waals surface area contributed by atoms with Crippen molar-refractivity contribution in [2.75, 3.05) is 19.8 Å². The Morgan fingerprint density at radius 2 is 1.41 bits per heavy atom. The van der Waals surface area contributed by atoms with Crippen LogP contribution in [0.15, 0.2) is 42.5 Å². The molecule has 0 aromatic heterocycles. The number of carbonyl (C=O) groups excluding carboxylic acids is 3. The van der Waals surface area contributed by atoms with Crippen LogP contribution in [0.5, 0.6) is 5.75 Å².